The molecule has 0 N–H and O–H groups in total. The monoisotopic (exact) mass is 688 g/mol. The lowest BCUT2D eigenvalue weighted by atomic mass is 9.90. The number of nitrogens with zero attached hydrogens (tertiary/aromatic N) is 2. The van der Waals surface area contributed by atoms with E-state index in [0.29, 0.717) is 0 Å². The summed E-state index contributed by atoms with van der Waals surface area (Å²) >= 11 is 0. The summed E-state index contributed by atoms with van der Waals surface area (Å²) in [5.74, 6) is 0. The minimum absolute atomic E-state index is 1.09. The lowest BCUT2D eigenvalue weighted by Crippen LogP contribution is -2.10. The second kappa shape index (κ2) is 13.4. The predicted molar refractivity (Wildman–Crippen MR) is 229 cm³/mol. The van der Waals surface area contributed by atoms with E-state index in [0.717, 1.165) is 22.7 Å². The zero-order valence-electron chi connectivity index (χ0n) is 29.7. The molecular formula is C52H36N2. The van der Waals surface area contributed by atoms with Crippen LogP contribution in [-0.4, -0.2) is 4.57 Å². The normalized spacial score (nSPS) is 11.3. The van der Waals surface area contributed by atoms with E-state index < -0.39 is 0 Å². The van der Waals surface area contributed by atoms with Gasteiger partial charge in [-0.25, -0.2) is 0 Å². The van der Waals surface area contributed by atoms with Gasteiger partial charge in [0.2, 0.25) is 0 Å². The lowest BCUT2D eigenvalue weighted by Gasteiger charge is -2.27. The molecule has 0 saturated heterocycles. The van der Waals surface area contributed by atoms with Crippen molar-refractivity contribution in [1.29, 1.82) is 0 Å². The molecule has 0 aliphatic rings. The number of hydrogen-bond acceptors (Lipinski definition) is 1. The molecule has 1 aromatic heterocycles. The zero-order chi connectivity index (χ0) is 35.8. The second-order valence-electron chi connectivity index (χ2n) is 13.8. The van der Waals surface area contributed by atoms with Gasteiger partial charge < -0.3 is 9.47 Å². The van der Waals surface area contributed by atoms with E-state index in [1.165, 1.54) is 66.0 Å². The minimum Gasteiger partial charge on any atom is -0.310 e. The Balaban J connectivity index is 1.15. The summed E-state index contributed by atoms with van der Waals surface area (Å²) in [6.07, 6.45) is 0. The highest BCUT2D eigenvalue weighted by Crippen LogP contribution is 2.43. The third-order valence-electron chi connectivity index (χ3n) is 10.6. The number of para-hydroxylation sites is 2. The summed E-state index contributed by atoms with van der Waals surface area (Å²) in [5.41, 5.74) is 14.0. The van der Waals surface area contributed by atoms with Crippen molar-refractivity contribution in [3.63, 3.8) is 0 Å². The Bertz CT molecular complexity index is 2850. The highest BCUT2D eigenvalue weighted by atomic mass is 15.1. The molecule has 1 heterocycles. The van der Waals surface area contributed by atoms with Crippen molar-refractivity contribution in [3.8, 4) is 39.1 Å². The Morgan fingerprint density at radius 2 is 0.796 bits per heavy atom. The molecule has 254 valence electrons. The Labute approximate surface area is 315 Å². The second-order valence-corrected chi connectivity index (χ2v) is 13.8. The topological polar surface area (TPSA) is 8.17 Å². The smallest absolute Gasteiger partial charge is 0.0541 e. The Hall–Kier alpha value is -7.16. The molecule has 0 saturated carbocycles. The Morgan fingerprint density at radius 3 is 1.46 bits per heavy atom. The average Bonchev–Trinajstić information content (AvgIpc) is 3.59. The fraction of sp³-hybridized carbons (Fsp3) is 0. The molecule has 54 heavy (non-hydrogen) atoms. The lowest BCUT2D eigenvalue weighted by molar-refractivity contribution is 1.17. The molecule has 10 aromatic rings. The van der Waals surface area contributed by atoms with Gasteiger partial charge in [0.05, 0.1) is 11.0 Å². The number of hydrogen-bond donors (Lipinski definition) is 0. The molecule has 0 spiro atoms. The van der Waals surface area contributed by atoms with Crippen LogP contribution in [0.4, 0.5) is 17.1 Å². The van der Waals surface area contributed by atoms with E-state index in [9.17, 15) is 0 Å². The van der Waals surface area contributed by atoms with Crippen LogP contribution in [0.2, 0.25) is 0 Å². The molecular weight excluding hydrogens is 653 g/mol. The van der Waals surface area contributed by atoms with Gasteiger partial charge in [-0.15, -0.1) is 0 Å². The third kappa shape index (κ3) is 5.53. The molecule has 0 unspecified atom stereocenters. The number of anilines is 3. The molecule has 2 heteroatoms. The van der Waals surface area contributed by atoms with Gasteiger partial charge >= 0.3 is 0 Å². The maximum atomic E-state index is 2.38. The van der Waals surface area contributed by atoms with Crippen LogP contribution < -0.4 is 4.90 Å². The molecule has 0 aliphatic carbocycles. The highest BCUT2D eigenvalue weighted by molar-refractivity contribution is 6.09. The first-order valence-electron chi connectivity index (χ1n) is 18.5. The van der Waals surface area contributed by atoms with Gasteiger partial charge in [0.25, 0.3) is 0 Å². The summed E-state index contributed by atoms with van der Waals surface area (Å²) in [5, 5.41) is 5.01. The van der Waals surface area contributed by atoms with E-state index in [2.05, 4.69) is 228 Å². The van der Waals surface area contributed by atoms with Crippen LogP contribution in [0.3, 0.4) is 0 Å². The minimum atomic E-state index is 1.09. The van der Waals surface area contributed by atoms with Crippen LogP contribution in [0, 0.1) is 0 Å². The molecule has 9 aromatic carbocycles. The zero-order valence-corrected chi connectivity index (χ0v) is 29.7. The SMILES string of the molecule is c1ccc(-c2ccc(N(c3ccc(-n4c5ccccc5c5ccccc54)cc3)c3ccc(-c4cccc5ccccc45)c(-c4ccccc4)c3)cc2)cc1. The van der Waals surface area contributed by atoms with Gasteiger partial charge in [0.1, 0.15) is 0 Å². The Morgan fingerprint density at radius 1 is 0.296 bits per heavy atom. The van der Waals surface area contributed by atoms with Gasteiger partial charge in [-0.2, -0.15) is 0 Å². The first-order valence-corrected chi connectivity index (χ1v) is 18.5. The molecule has 0 atom stereocenters. The molecule has 0 radical (unpaired) electrons. The summed E-state index contributed by atoms with van der Waals surface area (Å²) in [6, 6.07) is 78.9. The van der Waals surface area contributed by atoms with Crippen LogP contribution in [0.5, 0.6) is 0 Å². The summed E-state index contributed by atoms with van der Waals surface area (Å²) in [7, 11) is 0. The van der Waals surface area contributed by atoms with Crippen molar-refractivity contribution in [2.75, 3.05) is 4.90 Å². The van der Waals surface area contributed by atoms with E-state index in [1.54, 1.807) is 0 Å². The number of benzene rings is 9. The van der Waals surface area contributed by atoms with Gasteiger partial charge in [-0.1, -0.05) is 158 Å². The van der Waals surface area contributed by atoms with Crippen molar-refractivity contribution in [1.82, 2.24) is 4.57 Å². The van der Waals surface area contributed by atoms with Crippen molar-refractivity contribution in [2.45, 2.75) is 0 Å². The molecule has 0 aliphatic heterocycles. The van der Waals surface area contributed by atoms with Gasteiger partial charge in [-0.05, 0) is 105 Å². The molecule has 10 rings (SSSR count). The first kappa shape index (κ1) is 31.6. The van der Waals surface area contributed by atoms with E-state index in [-0.39, 0.29) is 0 Å². The molecule has 0 fully saturated rings. The van der Waals surface area contributed by atoms with Crippen molar-refractivity contribution >= 4 is 49.6 Å². The van der Waals surface area contributed by atoms with Crippen molar-refractivity contribution in [3.05, 3.63) is 218 Å². The van der Waals surface area contributed by atoms with E-state index in [1.807, 2.05) is 0 Å². The highest BCUT2D eigenvalue weighted by Gasteiger charge is 2.19. The maximum Gasteiger partial charge on any atom is 0.0541 e. The fourth-order valence-electron chi connectivity index (χ4n) is 8.06. The van der Waals surface area contributed by atoms with Crippen LogP contribution in [-0.2, 0) is 0 Å². The van der Waals surface area contributed by atoms with Gasteiger partial charge in [-0.3, -0.25) is 0 Å². The van der Waals surface area contributed by atoms with Gasteiger partial charge in [0.15, 0.2) is 0 Å². The largest absolute Gasteiger partial charge is 0.310 e. The molecule has 2 nitrogen and oxygen atoms in total. The predicted octanol–water partition coefficient (Wildman–Crippen LogP) is 14.4. The van der Waals surface area contributed by atoms with Gasteiger partial charge in [0, 0.05) is 33.5 Å². The van der Waals surface area contributed by atoms with Crippen LogP contribution in [0.1, 0.15) is 0 Å². The summed E-state index contributed by atoms with van der Waals surface area (Å²) in [6.45, 7) is 0. The van der Waals surface area contributed by atoms with Crippen LogP contribution in [0.15, 0.2) is 218 Å². The fourth-order valence-corrected chi connectivity index (χ4v) is 8.06. The van der Waals surface area contributed by atoms with Crippen molar-refractivity contribution in [2.24, 2.45) is 0 Å². The molecule has 0 amide bonds. The van der Waals surface area contributed by atoms with Crippen molar-refractivity contribution < 1.29 is 0 Å². The van der Waals surface area contributed by atoms with Crippen LogP contribution >= 0.6 is 0 Å². The van der Waals surface area contributed by atoms with E-state index >= 15 is 0 Å². The molecule has 0 bridgehead atoms. The first-order chi connectivity index (χ1) is 26.8. The summed E-state index contributed by atoms with van der Waals surface area (Å²) < 4.78 is 2.37. The standard InChI is InChI=1S/C52H36N2/c1-3-14-37(15-4-1)38-26-28-41(29-27-38)53(42-30-32-43(33-31-42)54-51-24-11-9-21-48(51)49-22-10-12-25-52(49)54)44-34-35-47(50(36-44)40-16-5-2-6-17-40)46-23-13-19-39-18-7-8-20-45(39)46/h1-36H. The van der Waals surface area contributed by atoms with E-state index in [4.69, 9.17) is 0 Å². The number of fused-ring (bicyclic) bond motifs is 4. The third-order valence-corrected chi connectivity index (χ3v) is 10.6. The number of rotatable bonds is 7. The maximum absolute atomic E-state index is 2.38. The Kier molecular flexibility index (Phi) is 7.85. The number of aromatic nitrogens is 1. The van der Waals surface area contributed by atoms with Crippen LogP contribution in [0.25, 0.3) is 71.6 Å². The average molecular weight is 689 g/mol. The quantitative estimate of drug-likeness (QED) is 0.162. The summed E-state index contributed by atoms with van der Waals surface area (Å²) in [4.78, 5) is 2.38.